The second kappa shape index (κ2) is 6.18. The normalized spacial score (nSPS) is 12.0. The fourth-order valence-corrected chi connectivity index (χ4v) is 2.67. The van der Waals surface area contributed by atoms with Crippen LogP contribution >= 0.6 is 0 Å². The van der Waals surface area contributed by atoms with Crippen molar-refractivity contribution >= 4 is 5.91 Å². The molecule has 0 saturated heterocycles. The number of aromatic amines is 1. The molecule has 2 rings (SSSR count). The molecule has 0 aliphatic carbocycles. The molecule has 1 amide bonds. The van der Waals surface area contributed by atoms with E-state index in [1.807, 2.05) is 26.8 Å². The van der Waals surface area contributed by atoms with E-state index in [0.717, 1.165) is 16.7 Å². The number of H-pyrrole nitrogens is 1. The van der Waals surface area contributed by atoms with Crippen molar-refractivity contribution in [3.63, 3.8) is 0 Å². The highest BCUT2D eigenvalue weighted by atomic mass is 16.2. The smallest absolute Gasteiger partial charge is 0.270 e. The maximum atomic E-state index is 12.6. The number of benzene rings is 1. The zero-order valence-electron chi connectivity index (χ0n) is 13.7. The zero-order valence-corrected chi connectivity index (χ0v) is 13.7. The number of nitrogens with one attached hydrogen (secondary N) is 1. The predicted molar refractivity (Wildman–Crippen MR) is 88.2 cm³/mol. The summed E-state index contributed by atoms with van der Waals surface area (Å²) in [6, 6.07) is 9.32. The number of carbonyl (C=O) groups excluding carboxylic acids is 1. The topological polar surface area (TPSA) is 53.2 Å². The Labute approximate surface area is 130 Å². The first-order valence-corrected chi connectivity index (χ1v) is 7.35. The molecule has 0 bridgehead atoms. The maximum Gasteiger partial charge on any atom is 0.270 e. The van der Waals surface area contributed by atoms with Gasteiger partial charge in [-0.2, -0.15) is 0 Å². The van der Waals surface area contributed by atoms with E-state index in [1.165, 1.54) is 11.6 Å². The number of aryl methyl sites for hydroxylation is 3. The molecule has 0 radical (unpaired) electrons. The van der Waals surface area contributed by atoms with Gasteiger partial charge in [-0.3, -0.25) is 9.59 Å². The third kappa shape index (κ3) is 3.27. The van der Waals surface area contributed by atoms with Gasteiger partial charge in [-0.15, -0.1) is 0 Å². The molecule has 0 aliphatic heterocycles. The molecule has 1 N–H and O–H groups in total. The van der Waals surface area contributed by atoms with Gasteiger partial charge in [0.05, 0.1) is 6.04 Å². The number of hydrogen-bond donors (Lipinski definition) is 1. The first-order valence-electron chi connectivity index (χ1n) is 7.35. The summed E-state index contributed by atoms with van der Waals surface area (Å²) in [6.07, 6.45) is 0. The minimum absolute atomic E-state index is 0.0721. The Morgan fingerprint density at radius 2 is 1.77 bits per heavy atom. The summed E-state index contributed by atoms with van der Waals surface area (Å²) in [4.78, 5) is 28.4. The molecule has 22 heavy (non-hydrogen) atoms. The van der Waals surface area contributed by atoms with Crippen molar-refractivity contribution in [3.8, 4) is 0 Å². The third-order valence-electron chi connectivity index (χ3n) is 4.00. The lowest BCUT2D eigenvalue weighted by atomic mass is 9.99. The lowest BCUT2D eigenvalue weighted by Gasteiger charge is -2.26. The lowest BCUT2D eigenvalue weighted by molar-refractivity contribution is 0.0736. The SMILES string of the molecule is Cc1ccc(C(C)N(C)C(=O)c2cc(C)cc(=O)[nH]2)c(C)c1. The number of nitrogens with zero attached hydrogens (tertiary/aromatic N) is 1. The summed E-state index contributed by atoms with van der Waals surface area (Å²) in [5, 5.41) is 0. The van der Waals surface area contributed by atoms with Crippen LogP contribution in [0.25, 0.3) is 0 Å². The van der Waals surface area contributed by atoms with Crippen LogP contribution in [0.15, 0.2) is 35.1 Å². The average Bonchev–Trinajstić information content (AvgIpc) is 2.44. The largest absolute Gasteiger partial charge is 0.334 e. The standard InChI is InChI=1S/C18H22N2O2/c1-11-6-7-15(13(3)8-11)14(4)20(5)18(22)16-9-12(2)10-17(21)19-16/h6-10,14H,1-5H3,(H,19,21). The Kier molecular flexibility index (Phi) is 4.50. The van der Waals surface area contributed by atoms with E-state index in [4.69, 9.17) is 0 Å². The molecule has 2 aromatic rings. The van der Waals surface area contributed by atoms with Gasteiger partial charge >= 0.3 is 0 Å². The highest BCUT2D eigenvalue weighted by molar-refractivity contribution is 5.92. The van der Waals surface area contributed by atoms with Crippen molar-refractivity contribution < 1.29 is 4.79 Å². The van der Waals surface area contributed by atoms with E-state index in [-0.39, 0.29) is 17.5 Å². The quantitative estimate of drug-likeness (QED) is 0.946. The van der Waals surface area contributed by atoms with Gasteiger partial charge in [0.1, 0.15) is 5.69 Å². The molecule has 1 unspecified atom stereocenters. The molecule has 116 valence electrons. The van der Waals surface area contributed by atoms with Gasteiger partial charge in [0.2, 0.25) is 5.56 Å². The summed E-state index contributed by atoms with van der Waals surface area (Å²) in [5.41, 5.74) is 4.31. The second-order valence-electron chi connectivity index (χ2n) is 5.89. The van der Waals surface area contributed by atoms with Crippen LogP contribution in [0.2, 0.25) is 0 Å². The molecular weight excluding hydrogens is 276 g/mol. The van der Waals surface area contributed by atoms with Crippen LogP contribution in [0.4, 0.5) is 0 Å². The minimum Gasteiger partial charge on any atom is -0.334 e. The monoisotopic (exact) mass is 298 g/mol. The molecule has 1 aromatic carbocycles. The molecule has 1 aromatic heterocycles. The van der Waals surface area contributed by atoms with Gasteiger partial charge in [0.25, 0.3) is 5.91 Å². The van der Waals surface area contributed by atoms with Crippen molar-refractivity contribution in [1.29, 1.82) is 0 Å². The van der Waals surface area contributed by atoms with Crippen LogP contribution in [0.1, 0.15) is 45.7 Å². The highest BCUT2D eigenvalue weighted by Gasteiger charge is 2.21. The van der Waals surface area contributed by atoms with Crippen LogP contribution in [0.3, 0.4) is 0 Å². The zero-order chi connectivity index (χ0) is 16.4. The van der Waals surface area contributed by atoms with Gasteiger partial charge in [-0.25, -0.2) is 0 Å². The fraction of sp³-hybridized carbons (Fsp3) is 0.333. The van der Waals surface area contributed by atoms with E-state index < -0.39 is 0 Å². The van der Waals surface area contributed by atoms with Gasteiger partial charge in [-0.05, 0) is 50.5 Å². The van der Waals surface area contributed by atoms with Crippen LogP contribution in [0.5, 0.6) is 0 Å². The molecule has 0 aliphatic rings. The molecule has 1 atom stereocenters. The number of hydrogen-bond acceptors (Lipinski definition) is 2. The van der Waals surface area contributed by atoms with Crippen LogP contribution in [0, 0.1) is 20.8 Å². The Bertz CT molecular complexity index is 762. The molecule has 0 saturated carbocycles. The maximum absolute atomic E-state index is 12.6. The van der Waals surface area contributed by atoms with E-state index in [9.17, 15) is 9.59 Å². The fourth-order valence-electron chi connectivity index (χ4n) is 2.67. The van der Waals surface area contributed by atoms with Crippen molar-refractivity contribution in [2.24, 2.45) is 0 Å². The third-order valence-corrected chi connectivity index (χ3v) is 4.00. The van der Waals surface area contributed by atoms with Gasteiger partial charge < -0.3 is 9.88 Å². The predicted octanol–water partition coefficient (Wildman–Crippen LogP) is 3.13. The van der Waals surface area contributed by atoms with E-state index in [0.29, 0.717) is 5.69 Å². The number of rotatable bonds is 3. The summed E-state index contributed by atoms with van der Waals surface area (Å²) in [5.74, 6) is -0.187. The Hall–Kier alpha value is -2.36. The average molecular weight is 298 g/mol. The summed E-state index contributed by atoms with van der Waals surface area (Å²) in [6.45, 7) is 7.89. The highest BCUT2D eigenvalue weighted by Crippen LogP contribution is 2.24. The van der Waals surface area contributed by atoms with Crippen LogP contribution < -0.4 is 5.56 Å². The lowest BCUT2D eigenvalue weighted by Crippen LogP contribution is -2.31. The van der Waals surface area contributed by atoms with Crippen molar-refractivity contribution in [3.05, 3.63) is 68.6 Å². The summed E-state index contributed by atoms with van der Waals surface area (Å²) >= 11 is 0. The molecular formula is C18H22N2O2. The summed E-state index contributed by atoms with van der Waals surface area (Å²) < 4.78 is 0. The Morgan fingerprint density at radius 3 is 2.36 bits per heavy atom. The molecule has 4 heteroatoms. The van der Waals surface area contributed by atoms with Crippen LogP contribution in [-0.2, 0) is 0 Å². The first kappa shape index (κ1) is 16.0. The Morgan fingerprint density at radius 1 is 1.09 bits per heavy atom. The van der Waals surface area contributed by atoms with Gasteiger partial charge in [0, 0.05) is 13.1 Å². The molecule has 0 fully saturated rings. The molecule has 4 nitrogen and oxygen atoms in total. The first-order chi connectivity index (χ1) is 10.3. The number of aromatic nitrogens is 1. The molecule has 1 heterocycles. The molecule has 0 spiro atoms. The van der Waals surface area contributed by atoms with E-state index in [1.54, 1.807) is 24.9 Å². The number of pyridine rings is 1. The van der Waals surface area contributed by atoms with Gasteiger partial charge in [0.15, 0.2) is 0 Å². The number of amides is 1. The summed E-state index contributed by atoms with van der Waals surface area (Å²) in [7, 11) is 1.76. The Balaban J connectivity index is 2.31. The van der Waals surface area contributed by atoms with Crippen LogP contribution in [-0.4, -0.2) is 22.8 Å². The van der Waals surface area contributed by atoms with Crippen molar-refractivity contribution in [2.45, 2.75) is 33.7 Å². The van der Waals surface area contributed by atoms with Gasteiger partial charge in [-0.1, -0.05) is 23.8 Å². The van der Waals surface area contributed by atoms with Crippen molar-refractivity contribution in [1.82, 2.24) is 9.88 Å². The van der Waals surface area contributed by atoms with Crippen molar-refractivity contribution in [2.75, 3.05) is 7.05 Å². The number of carbonyl (C=O) groups is 1. The van der Waals surface area contributed by atoms with E-state index >= 15 is 0 Å². The minimum atomic E-state index is -0.254. The van der Waals surface area contributed by atoms with E-state index in [2.05, 4.69) is 17.1 Å². The second-order valence-corrected chi connectivity index (χ2v) is 5.89.